The number of alkyl halides is 2. The average Bonchev–Trinajstić information content (AvgIpc) is 3.28. The molecule has 2 amide bonds. The van der Waals surface area contributed by atoms with Crippen LogP contribution in [0.2, 0.25) is 0 Å². The standard InChI is InChI=1S/C29H28BrF2N7O2/c1-17-11-21(30)12-18(2)26(17)38-10-4-7-22(28(38)41)34-27(40)20-6-3-5-19(13-20)15-37-16-23(35-36-37)24-8-9-33-39(24)25-14-29(25,31)32/h3,5-6,8-9,11-13,16,22,25H,4,7,10,14-15H2,1-2H3,(H,34,40). The summed E-state index contributed by atoms with van der Waals surface area (Å²) < 4.78 is 31.1. The normalized spacial score (nSPS) is 19.8. The molecule has 1 aliphatic heterocycles. The van der Waals surface area contributed by atoms with Crippen molar-refractivity contribution >= 4 is 33.4 Å². The van der Waals surface area contributed by atoms with Crippen molar-refractivity contribution in [3.8, 4) is 11.4 Å². The van der Waals surface area contributed by atoms with E-state index in [2.05, 4.69) is 36.7 Å². The Bertz CT molecular complexity index is 1630. The quantitative estimate of drug-likeness (QED) is 0.310. The lowest BCUT2D eigenvalue weighted by Crippen LogP contribution is -2.52. The highest BCUT2D eigenvalue weighted by Crippen LogP contribution is 2.53. The lowest BCUT2D eigenvalue weighted by Gasteiger charge is -2.34. The molecule has 4 aromatic rings. The fourth-order valence-corrected chi connectivity index (χ4v) is 6.21. The Morgan fingerprint density at radius 2 is 1.93 bits per heavy atom. The zero-order valence-electron chi connectivity index (χ0n) is 22.5. The van der Waals surface area contributed by atoms with Crippen LogP contribution in [0.25, 0.3) is 11.4 Å². The van der Waals surface area contributed by atoms with E-state index in [9.17, 15) is 18.4 Å². The summed E-state index contributed by atoms with van der Waals surface area (Å²) in [7, 11) is 0. The fraction of sp³-hybridized carbons (Fsp3) is 0.345. The van der Waals surface area contributed by atoms with Crippen LogP contribution in [0.5, 0.6) is 0 Å². The number of halogens is 3. The molecule has 0 bridgehead atoms. The van der Waals surface area contributed by atoms with Crippen LogP contribution in [0.4, 0.5) is 14.5 Å². The maximum atomic E-state index is 13.6. The fourth-order valence-electron chi connectivity index (χ4n) is 5.52. The third-order valence-corrected chi connectivity index (χ3v) is 8.02. The van der Waals surface area contributed by atoms with Crippen LogP contribution in [0.3, 0.4) is 0 Å². The number of benzene rings is 2. The second kappa shape index (κ2) is 10.5. The monoisotopic (exact) mass is 623 g/mol. The Morgan fingerprint density at radius 3 is 2.66 bits per heavy atom. The molecule has 1 saturated heterocycles. The summed E-state index contributed by atoms with van der Waals surface area (Å²) >= 11 is 3.51. The molecule has 1 N–H and O–H groups in total. The number of hydrogen-bond donors (Lipinski definition) is 1. The third kappa shape index (κ3) is 5.40. The van der Waals surface area contributed by atoms with Gasteiger partial charge in [-0.15, -0.1) is 5.10 Å². The molecule has 2 unspecified atom stereocenters. The lowest BCUT2D eigenvalue weighted by atomic mass is 10.00. The number of nitrogens with one attached hydrogen (secondary N) is 1. The lowest BCUT2D eigenvalue weighted by molar-refractivity contribution is -0.121. The number of carbonyl (C=O) groups excluding carboxylic acids is 2. The van der Waals surface area contributed by atoms with Gasteiger partial charge in [-0.1, -0.05) is 33.3 Å². The van der Waals surface area contributed by atoms with Gasteiger partial charge in [-0.3, -0.25) is 14.3 Å². The molecular formula is C29H28BrF2N7O2. The van der Waals surface area contributed by atoms with Gasteiger partial charge in [0.2, 0.25) is 5.91 Å². The number of aromatic nitrogens is 5. The van der Waals surface area contributed by atoms with Gasteiger partial charge in [-0.05, 0) is 73.7 Å². The van der Waals surface area contributed by atoms with E-state index in [1.165, 1.54) is 10.9 Å². The highest BCUT2D eigenvalue weighted by molar-refractivity contribution is 9.10. The molecular weight excluding hydrogens is 596 g/mol. The Balaban J connectivity index is 1.14. The molecule has 0 spiro atoms. The summed E-state index contributed by atoms with van der Waals surface area (Å²) in [5.41, 5.74) is 5.03. The second-order valence-corrected chi connectivity index (χ2v) is 11.6. The van der Waals surface area contributed by atoms with E-state index in [4.69, 9.17) is 0 Å². The molecule has 212 valence electrons. The van der Waals surface area contributed by atoms with Crippen LogP contribution in [0.15, 0.2) is 59.3 Å². The summed E-state index contributed by atoms with van der Waals surface area (Å²) in [5, 5.41) is 15.3. The van der Waals surface area contributed by atoms with E-state index in [0.717, 1.165) is 33.3 Å². The van der Waals surface area contributed by atoms with Gasteiger partial charge in [0.15, 0.2) is 0 Å². The van der Waals surface area contributed by atoms with Crippen LogP contribution < -0.4 is 10.2 Å². The summed E-state index contributed by atoms with van der Waals surface area (Å²) in [6, 6.07) is 11.1. The SMILES string of the molecule is Cc1cc(Br)cc(C)c1N1CCCC(NC(=O)c2cccc(Cn3cc(-c4ccnn4C4CC4(F)F)nn3)c2)C1=O. The minimum Gasteiger partial charge on any atom is -0.340 e. The van der Waals surface area contributed by atoms with E-state index in [0.29, 0.717) is 36.5 Å². The van der Waals surface area contributed by atoms with Gasteiger partial charge in [-0.2, -0.15) is 5.10 Å². The molecule has 6 rings (SSSR count). The number of amides is 2. The predicted molar refractivity (Wildman–Crippen MR) is 152 cm³/mol. The largest absolute Gasteiger partial charge is 0.340 e. The van der Waals surface area contributed by atoms with Crippen LogP contribution in [0, 0.1) is 13.8 Å². The number of rotatable bonds is 7. The van der Waals surface area contributed by atoms with Crippen molar-refractivity contribution < 1.29 is 18.4 Å². The molecule has 2 aromatic heterocycles. The third-order valence-electron chi connectivity index (χ3n) is 7.56. The second-order valence-electron chi connectivity index (χ2n) is 10.7. The van der Waals surface area contributed by atoms with Crippen LogP contribution in [-0.2, 0) is 11.3 Å². The van der Waals surface area contributed by atoms with E-state index < -0.39 is 18.0 Å². The molecule has 12 heteroatoms. The van der Waals surface area contributed by atoms with Gasteiger partial charge in [0.25, 0.3) is 11.8 Å². The van der Waals surface area contributed by atoms with Crippen molar-refractivity contribution in [3.05, 3.63) is 81.6 Å². The van der Waals surface area contributed by atoms with E-state index in [1.54, 1.807) is 40.0 Å². The number of anilines is 1. The minimum atomic E-state index is -2.75. The Labute approximate surface area is 243 Å². The van der Waals surface area contributed by atoms with Crippen molar-refractivity contribution in [2.24, 2.45) is 0 Å². The van der Waals surface area contributed by atoms with E-state index in [-0.39, 0.29) is 18.2 Å². The first kappa shape index (κ1) is 27.3. The van der Waals surface area contributed by atoms with E-state index in [1.807, 2.05) is 32.0 Å². The molecule has 3 heterocycles. The summed E-state index contributed by atoms with van der Waals surface area (Å²) in [6.45, 7) is 4.88. The Morgan fingerprint density at radius 1 is 1.17 bits per heavy atom. The molecule has 2 aliphatic rings. The highest BCUT2D eigenvalue weighted by Gasteiger charge is 2.59. The molecule has 1 aliphatic carbocycles. The molecule has 1 saturated carbocycles. The molecule has 2 fully saturated rings. The van der Waals surface area contributed by atoms with Crippen molar-refractivity contribution in [1.82, 2.24) is 30.1 Å². The first-order valence-electron chi connectivity index (χ1n) is 13.4. The highest BCUT2D eigenvalue weighted by atomic mass is 79.9. The topological polar surface area (TPSA) is 97.9 Å². The smallest absolute Gasteiger partial charge is 0.272 e. The number of carbonyl (C=O) groups is 2. The average molecular weight is 624 g/mol. The number of nitrogens with zero attached hydrogens (tertiary/aromatic N) is 6. The zero-order chi connectivity index (χ0) is 28.9. The van der Waals surface area contributed by atoms with Gasteiger partial charge < -0.3 is 10.2 Å². The van der Waals surface area contributed by atoms with Crippen molar-refractivity contribution in [3.63, 3.8) is 0 Å². The van der Waals surface area contributed by atoms with Crippen molar-refractivity contribution in [1.29, 1.82) is 0 Å². The van der Waals surface area contributed by atoms with Gasteiger partial charge in [-0.25, -0.2) is 13.5 Å². The predicted octanol–water partition coefficient (Wildman–Crippen LogP) is 5.07. The van der Waals surface area contributed by atoms with Crippen molar-refractivity contribution in [2.45, 2.75) is 57.7 Å². The molecule has 9 nitrogen and oxygen atoms in total. The van der Waals surface area contributed by atoms with Gasteiger partial charge in [0.05, 0.1) is 18.4 Å². The van der Waals surface area contributed by atoms with Gasteiger partial charge >= 0.3 is 0 Å². The van der Waals surface area contributed by atoms with Crippen LogP contribution in [-0.4, -0.2) is 55.1 Å². The first-order chi connectivity index (χ1) is 19.6. The minimum absolute atomic E-state index is 0.118. The van der Waals surface area contributed by atoms with Crippen molar-refractivity contribution in [2.75, 3.05) is 11.4 Å². The van der Waals surface area contributed by atoms with Crippen LogP contribution in [0.1, 0.15) is 52.4 Å². The van der Waals surface area contributed by atoms with Gasteiger partial charge in [0, 0.05) is 34.9 Å². The summed E-state index contributed by atoms with van der Waals surface area (Å²) in [4.78, 5) is 28.4. The Kier molecular flexibility index (Phi) is 6.96. The molecule has 2 aromatic carbocycles. The zero-order valence-corrected chi connectivity index (χ0v) is 24.1. The molecule has 2 atom stereocenters. The summed E-state index contributed by atoms with van der Waals surface area (Å²) in [5.74, 6) is -3.20. The maximum absolute atomic E-state index is 13.6. The first-order valence-corrected chi connectivity index (χ1v) is 14.2. The number of aryl methyl sites for hydroxylation is 2. The molecule has 41 heavy (non-hydrogen) atoms. The summed E-state index contributed by atoms with van der Waals surface area (Å²) in [6.07, 6.45) is 4.25. The number of hydrogen-bond acceptors (Lipinski definition) is 5. The van der Waals surface area contributed by atoms with Crippen LogP contribution >= 0.6 is 15.9 Å². The molecule has 0 radical (unpaired) electrons. The maximum Gasteiger partial charge on any atom is 0.272 e. The Hall–Kier alpha value is -3.93. The van der Waals surface area contributed by atoms with Gasteiger partial charge in [0.1, 0.15) is 17.8 Å². The van der Waals surface area contributed by atoms with E-state index >= 15 is 0 Å². The number of piperidine rings is 1.